The van der Waals surface area contributed by atoms with Crippen LogP contribution in [0.3, 0.4) is 0 Å². The number of benzene rings is 1. The van der Waals surface area contributed by atoms with Gasteiger partial charge >= 0.3 is 0 Å². The van der Waals surface area contributed by atoms with E-state index in [-0.39, 0.29) is 0 Å². The van der Waals surface area contributed by atoms with E-state index in [1.807, 2.05) is 13.0 Å². The highest BCUT2D eigenvalue weighted by Gasteiger charge is 2.22. The van der Waals surface area contributed by atoms with Crippen LogP contribution in [0, 0.1) is 6.92 Å². The van der Waals surface area contributed by atoms with Gasteiger partial charge in [0.1, 0.15) is 0 Å². The fourth-order valence-electron chi connectivity index (χ4n) is 2.55. The van der Waals surface area contributed by atoms with E-state index in [0.717, 1.165) is 40.6 Å². The lowest BCUT2D eigenvalue weighted by molar-refractivity contribution is 0.350. The zero-order valence-electron chi connectivity index (χ0n) is 11.2. The molecule has 0 saturated carbocycles. The summed E-state index contributed by atoms with van der Waals surface area (Å²) in [7, 11) is 3.32. The summed E-state index contributed by atoms with van der Waals surface area (Å²) >= 11 is 6.42. The van der Waals surface area contributed by atoms with Crippen LogP contribution in [0.25, 0.3) is 0 Å². The highest BCUT2D eigenvalue weighted by molar-refractivity contribution is 6.32. The Morgan fingerprint density at radius 1 is 1.39 bits per heavy atom. The average molecular weight is 270 g/mol. The van der Waals surface area contributed by atoms with Gasteiger partial charge in [-0.05, 0) is 44.4 Å². The summed E-state index contributed by atoms with van der Waals surface area (Å²) in [6, 6.07) is 2.41. The zero-order chi connectivity index (χ0) is 13.1. The number of hydrogen-bond acceptors (Lipinski definition) is 3. The van der Waals surface area contributed by atoms with Gasteiger partial charge in [0.15, 0.2) is 11.5 Å². The molecule has 0 bridgehead atoms. The Hall–Kier alpha value is -0.930. The maximum absolute atomic E-state index is 6.42. The van der Waals surface area contributed by atoms with E-state index >= 15 is 0 Å². The van der Waals surface area contributed by atoms with E-state index in [0.29, 0.717) is 6.04 Å². The van der Waals surface area contributed by atoms with E-state index in [1.54, 1.807) is 14.2 Å². The zero-order valence-corrected chi connectivity index (χ0v) is 11.9. The number of hydrogen-bond donors (Lipinski definition) is 1. The van der Waals surface area contributed by atoms with Crippen molar-refractivity contribution < 1.29 is 9.47 Å². The van der Waals surface area contributed by atoms with Crippen LogP contribution >= 0.6 is 11.6 Å². The first kappa shape index (κ1) is 13.5. The quantitative estimate of drug-likeness (QED) is 0.912. The summed E-state index contributed by atoms with van der Waals surface area (Å²) < 4.78 is 10.8. The molecule has 1 atom stereocenters. The Balaban J connectivity index is 2.38. The summed E-state index contributed by atoms with van der Waals surface area (Å²) in [5.41, 5.74) is 2.08. The van der Waals surface area contributed by atoms with Crippen molar-refractivity contribution in [1.29, 1.82) is 0 Å². The molecule has 4 heteroatoms. The monoisotopic (exact) mass is 269 g/mol. The van der Waals surface area contributed by atoms with Crippen LogP contribution in [-0.2, 0) is 6.42 Å². The molecule has 1 aliphatic rings. The number of rotatable bonds is 4. The maximum atomic E-state index is 6.42. The van der Waals surface area contributed by atoms with Gasteiger partial charge in [-0.25, -0.2) is 0 Å². The van der Waals surface area contributed by atoms with E-state index in [9.17, 15) is 0 Å². The molecule has 1 N–H and O–H groups in total. The van der Waals surface area contributed by atoms with Crippen molar-refractivity contribution in [3.63, 3.8) is 0 Å². The van der Waals surface area contributed by atoms with Crippen LogP contribution in [-0.4, -0.2) is 26.8 Å². The summed E-state index contributed by atoms with van der Waals surface area (Å²) in [6.07, 6.45) is 3.31. The summed E-state index contributed by atoms with van der Waals surface area (Å²) in [6.45, 7) is 3.09. The molecule has 1 saturated heterocycles. The fraction of sp³-hybridized carbons (Fsp3) is 0.571. The highest BCUT2D eigenvalue weighted by atomic mass is 35.5. The predicted molar refractivity (Wildman–Crippen MR) is 74.0 cm³/mol. The van der Waals surface area contributed by atoms with Crippen LogP contribution in [0.1, 0.15) is 24.0 Å². The maximum Gasteiger partial charge on any atom is 0.165 e. The molecule has 1 aliphatic heterocycles. The lowest BCUT2D eigenvalue weighted by atomic mass is 10.0. The first-order valence-corrected chi connectivity index (χ1v) is 6.68. The molecule has 0 spiro atoms. The third kappa shape index (κ3) is 2.57. The number of halogens is 1. The minimum absolute atomic E-state index is 0.489. The largest absolute Gasteiger partial charge is 0.493 e. The topological polar surface area (TPSA) is 30.5 Å². The first-order chi connectivity index (χ1) is 8.67. The van der Waals surface area contributed by atoms with Gasteiger partial charge in [-0.1, -0.05) is 11.6 Å². The van der Waals surface area contributed by atoms with Gasteiger partial charge in [-0.2, -0.15) is 0 Å². The normalized spacial score (nSPS) is 19.0. The van der Waals surface area contributed by atoms with E-state index in [1.165, 1.54) is 12.8 Å². The average Bonchev–Trinajstić information content (AvgIpc) is 2.87. The van der Waals surface area contributed by atoms with Crippen LogP contribution < -0.4 is 14.8 Å². The highest BCUT2D eigenvalue weighted by Crippen LogP contribution is 2.39. The minimum atomic E-state index is 0.489. The number of methoxy groups -OCH3 is 2. The lowest BCUT2D eigenvalue weighted by Gasteiger charge is -2.19. The molecule has 1 fully saturated rings. The van der Waals surface area contributed by atoms with Crippen molar-refractivity contribution in [2.24, 2.45) is 0 Å². The Morgan fingerprint density at radius 3 is 2.72 bits per heavy atom. The molecule has 1 unspecified atom stereocenters. The standard InChI is InChI=1S/C14H20ClNO2/c1-9-7-12(17-2)14(18-3)11(13(9)15)8-10-5-4-6-16-10/h7,10,16H,4-6,8H2,1-3H3. The third-order valence-corrected chi connectivity index (χ3v) is 4.02. The summed E-state index contributed by atoms with van der Waals surface area (Å²) in [5.74, 6) is 1.52. The minimum Gasteiger partial charge on any atom is -0.493 e. The van der Waals surface area contributed by atoms with E-state index in [4.69, 9.17) is 21.1 Å². The van der Waals surface area contributed by atoms with E-state index < -0.39 is 0 Å². The third-order valence-electron chi connectivity index (χ3n) is 3.49. The molecule has 1 aromatic rings. The molecule has 0 amide bonds. The number of ether oxygens (including phenoxy) is 2. The SMILES string of the molecule is COc1cc(C)c(Cl)c(CC2CCCN2)c1OC. The van der Waals surface area contributed by atoms with E-state index in [2.05, 4.69) is 5.32 Å². The van der Waals surface area contributed by atoms with Crippen molar-refractivity contribution in [2.45, 2.75) is 32.2 Å². The predicted octanol–water partition coefficient (Wildman–Crippen LogP) is 2.96. The molecule has 0 radical (unpaired) electrons. The van der Waals surface area contributed by atoms with Gasteiger partial charge in [-0.3, -0.25) is 0 Å². The van der Waals surface area contributed by atoms with Crippen molar-refractivity contribution in [2.75, 3.05) is 20.8 Å². The van der Waals surface area contributed by atoms with Crippen LogP contribution in [0.5, 0.6) is 11.5 Å². The van der Waals surface area contributed by atoms with Crippen molar-refractivity contribution in [3.05, 3.63) is 22.2 Å². The second-order valence-electron chi connectivity index (χ2n) is 4.72. The summed E-state index contributed by atoms with van der Waals surface area (Å²) in [5, 5.41) is 4.28. The number of nitrogens with one attached hydrogen (secondary N) is 1. The van der Waals surface area contributed by atoms with Crippen LogP contribution in [0.4, 0.5) is 0 Å². The molecule has 1 aromatic carbocycles. The number of aryl methyl sites for hydroxylation is 1. The van der Waals surface area contributed by atoms with Crippen molar-refractivity contribution in [3.8, 4) is 11.5 Å². The van der Waals surface area contributed by atoms with Crippen LogP contribution in [0.2, 0.25) is 5.02 Å². The lowest BCUT2D eigenvalue weighted by Crippen LogP contribution is -2.24. The van der Waals surface area contributed by atoms with Gasteiger partial charge in [0.05, 0.1) is 19.2 Å². The molecular weight excluding hydrogens is 250 g/mol. The van der Waals surface area contributed by atoms with Crippen LogP contribution in [0.15, 0.2) is 6.07 Å². The molecule has 1 heterocycles. The Morgan fingerprint density at radius 2 is 2.17 bits per heavy atom. The molecule has 0 aromatic heterocycles. The van der Waals surface area contributed by atoms with Crippen molar-refractivity contribution >= 4 is 11.6 Å². The van der Waals surface area contributed by atoms with Crippen molar-refractivity contribution in [1.82, 2.24) is 5.32 Å². The molecule has 100 valence electrons. The fourth-order valence-corrected chi connectivity index (χ4v) is 2.76. The van der Waals surface area contributed by atoms with Gasteiger partial charge in [0, 0.05) is 11.6 Å². The molecule has 2 rings (SSSR count). The van der Waals surface area contributed by atoms with Gasteiger partial charge in [-0.15, -0.1) is 0 Å². The Labute approximate surface area is 113 Å². The smallest absolute Gasteiger partial charge is 0.165 e. The summed E-state index contributed by atoms with van der Waals surface area (Å²) in [4.78, 5) is 0. The first-order valence-electron chi connectivity index (χ1n) is 6.30. The Bertz CT molecular complexity index is 428. The molecular formula is C14H20ClNO2. The molecule has 0 aliphatic carbocycles. The Kier molecular flexibility index (Phi) is 4.36. The molecule has 3 nitrogen and oxygen atoms in total. The van der Waals surface area contributed by atoms with Gasteiger partial charge in [0.25, 0.3) is 0 Å². The van der Waals surface area contributed by atoms with Gasteiger partial charge in [0.2, 0.25) is 0 Å². The second kappa shape index (κ2) is 5.81. The molecule has 18 heavy (non-hydrogen) atoms. The van der Waals surface area contributed by atoms with Gasteiger partial charge < -0.3 is 14.8 Å². The second-order valence-corrected chi connectivity index (χ2v) is 5.10.